The first-order valence-corrected chi connectivity index (χ1v) is 5.95. The number of carbonyl (C=O) groups is 1. The smallest absolute Gasteiger partial charge is 0.258 e. The van der Waals surface area contributed by atoms with Crippen LogP contribution in [0, 0.1) is 11.6 Å². The van der Waals surface area contributed by atoms with Crippen LogP contribution in [-0.4, -0.2) is 5.91 Å². The second-order valence-electron chi connectivity index (χ2n) is 3.68. The molecule has 1 amide bonds. The molecule has 0 saturated heterocycles. The summed E-state index contributed by atoms with van der Waals surface area (Å²) in [5.41, 5.74) is -0.134. The minimum atomic E-state index is -1.20. The van der Waals surface area contributed by atoms with E-state index < -0.39 is 23.1 Å². The quantitative estimate of drug-likeness (QED) is 0.868. The maximum Gasteiger partial charge on any atom is 0.258 e. The van der Waals surface area contributed by atoms with E-state index in [-0.39, 0.29) is 10.7 Å². The van der Waals surface area contributed by atoms with Crippen LogP contribution in [0.15, 0.2) is 36.4 Å². The van der Waals surface area contributed by atoms with Crippen LogP contribution in [0.5, 0.6) is 0 Å². The zero-order valence-electron chi connectivity index (χ0n) is 9.38. The van der Waals surface area contributed by atoms with Gasteiger partial charge in [-0.25, -0.2) is 8.78 Å². The molecular weight excluding hydrogens is 295 g/mol. The van der Waals surface area contributed by atoms with Gasteiger partial charge in [0, 0.05) is 5.02 Å². The lowest BCUT2D eigenvalue weighted by Crippen LogP contribution is -2.14. The zero-order valence-corrected chi connectivity index (χ0v) is 10.9. The summed E-state index contributed by atoms with van der Waals surface area (Å²) < 4.78 is 26.4. The minimum Gasteiger partial charge on any atom is -0.321 e. The normalized spacial score (nSPS) is 10.3. The van der Waals surface area contributed by atoms with E-state index in [0.29, 0.717) is 5.02 Å². The van der Waals surface area contributed by atoms with Gasteiger partial charge < -0.3 is 5.32 Å². The number of hydrogen-bond donors (Lipinski definition) is 1. The van der Waals surface area contributed by atoms with Gasteiger partial charge in [0.25, 0.3) is 5.91 Å². The van der Waals surface area contributed by atoms with Crippen molar-refractivity contribution in [3.63, 3.8) is 0 Å². The van der Waals surface area contributed by atoms with Crippen molar-refractivity contribution >= 4 is 34.8 Å². The molecule has 0 heterocycles. The lowest BCUT2D eigenvalue weighted by molar-refractivity contribution is 0.102. The van der Waals surface area contributed by atoms with Crippen LogP contribution in [0.25, 0.3) is 0 Å². The molecule has 2 aromatic carbocycles. The third-order valence-corrected chi connectivity index (χ3v) is 2.92. The van der Waals surface area contributed by atoms with Gasteiger partial charge in [-0.2, -0.15) is 0 Å². The van der Waals surface area contributed by atoms with Crippen LogP contribution in [-0.2, 0) is 0 Å². The number of nitrogens with one attached hydrogen (secondary N) is 1. The number of anilines is 1. The van der Waals surface area contributed by atoms with Crippen molar-refractivity contribution in [1.82, 2.24) is 0 Å². The zero-order chi connectivity index (χ0) is 14.0. The molecule has 0 saturated carbocycles. The fourth-order valence-electron chi connectivity index (χ4n) is 1.46. The third-order valence-electron chi connectivity index (χ3n) is 2.38. The number of benzene rings is 2. The molecule has 2 nitrogen and oxygen atoms in total. The number of carbonyl (C=O) groups excluding carboxylic acids is 1. The monoisotopic (exact) mass is 301 g/mol. The Labute approximate surface area is 118 Å². The van der Waals surface area contributed by atoms with E-state index in [2.05, 4.69) is 5.32 Å². The summed E-state index contributed by atoms with van der Waals surface area (Å²) in [5, 5.41) is 2.99. The SMILES string of the molecule is O=C(Nc1ccc(Cl)cc1Cl)c1cccc(F)c1F. The molecule has 0 unspecified atom stereocenters. The summed E-state index contributed by atoms with van der Waals surface area (Å²) in [4.78, 5) is 11.8. The topological polar surface area (TPSA) is 29.1 Å². The molecule has 1 N–H and O–H groups in total. The maximum atomic E-state index is 13.4. The molecule has 19 heavy (non-hydrogen) atoms. The fourth-order valence-corrected chi connectivity index (χ4v) is 1.92. The fraction of sp³-hybridized carbons (Fsp3) is 0. The van der Waals surface area contributed by atoms with Crippen molar-refractivity contribution in [2.45, 2.75) is 0 Å². The van der Waals surface area contributed by atoms with E-state index in [0.717, 1.165) is 6.07 Å². The molecule has 98 valence electrons. The predicted octanol–water partition coefficient (Wildman–Crippen LogP) is 4.52. The molecule has 0 aliphatic heterocycles. The van der Waals surface area contributed by atoms with Gasteiger partial charge in [0.05, 0.1) is 16.3 Å². The summed E-state index contributed by atoms with van der Waals surface area (Å²) in [6, 6.07) is 7.78. The van der Waals surface area contributed by atoms with Crippen LogP contribution < -0.4 is 5.32 Å². The van der Waals surface area contributed by atoms with Crippen molar-refractivity contribution in [2.24, 2.45) is 0 Å². The summed E-state index contributed by atoms with van der Waals surface area (Å²) in [7, 11) is 0. The Morgan fingerprint density at radius 1 is 1.11 bits per heavy atom. The molecule has 0 aliphatic rings. The Morgan fingerprint density at radius 3 is 2.53 bits per heavy atom. The lowest BCUT2D eigenvalue weighted by atomic mass is 10.2. The highest BCUT2D eigenvalue weighted by Gasteiger charge is 2.16. The van der Waals surface area contributed by atoms with Crippen molar-refractivity contribution in [3.8, 4) is 0 Å². The molecule has 0 bridgehead atoms. The Kier molecular flexibility index (Phi) is 4.02. The molecule has 0 spiro atoms. The van der Waals surface area contributed by atoms with Gasteiger partial charge in [-0.15, -0.1) is 0 Å². The van der Waals surface area contributed by atoms with Gasteiger partial charge in [0.1, 0.15) is 0 Å². The Hall–Kier alpha value is -1.65. The Morgan fingerprint density at radius 2 is 1.84 bits per heavy atom. The minimum absolute atomic E-state index is 0.206. The summed E-state index contributed by atoms with van der Waals surface area (Å²) >= 11 is 11.6. The molecule has 0 fully saturated rings. The van der Waals surface area contributed by atoms with Gasteiger partial charge in [-0.3, -0.25) is 4.79 Å². The van der Waals surface area contributed by atoms with Crippen molar-refractivity contribution < 1.29 is 13.6 Å². The number of rotatable bonds is 2. The van der Waals surface area contributed by atoms with Crippen LogP contribution in [0.2, 0.25) is 10.0 Å². The van der Waals surface area contributed by atoms with Crippen LogP contribution in [0.3, 0.4) is 0 Å². The van der Waals surface area contributed by atoms with E-state index >= 15 is 0 Å². The first-order valence-electron chi connectivity index (χ1n) is 5.19. The summed E-state index contributed by atoms with van der Waals surface area (Å²) in [6.45, 7) is 0. The van der Waals surface area contributed by atoms with E-state index in [1.54, 1.807) is 0 Å². The number of amides is 1. The van der Waals surface area contributed by atoms with Crippen LogP contribution in [0.4, 0.5) is 14.5 Å². The first kappa shape index (κ1) is 13.8. The number of halogens is 4. The average molecular weight is 302 g/mol. The molecular formula is C13H7Cl2F2NO. The average Bonchev–Trinajstić information content (AvgIpc) is 2.36. The number of hydrogen-bond acceptors (Lipinski definition) is 1. The molecule has 0 atom stereocenters. The molecule has 6 heteroatoms. The molecule has 2 aromatic rings. The Balaban J connectivity index is 2.28. The van der Waals surface area contributed by atoms with E-state index in [1.807, 2.05) is 0 Å². The van der Waals surface area contributed by atoms with Crippen molar-refractivity contribution in [2.75, 3.05) is 5.32 Å². The van der Waals surface area contributed by atoms with Gasteiger partial charge in [0.2, 0.25) is 0 Å². The molecule has 2 rings (SSSR count). The molecule has 0 radical (unpaired) electrons. The second kappa shape index (κ2) is 5.55. The molecule has 0 aliphatic carbocycles. The lowest BCUT2D eigenvalue weighted by Gasteiger charge is -2.08. The summed E-state index contributed by atoms with van der Waals surface area (Å²) in [6.07, 6.45) is 0. The van der Waals surface area contributed by atoms with E-state index in [4.69, 9.17) is 23.2 Å². The van der Waals surface area contributed by atoms with Gasteiger partial charge >= 0.3 is 0 Å². The largest absolute Gasteiger partial charge is 0.321 e. The third kappa shape index (κ3) is 3.03. The van der Waals surface area contributed by atoms with Gasteiger partial charge in [-0.05, 0) is 30.3 Å². The maximum absolute atomic E-state index is 13.4. The van der Waals surface area contributed by atoms with Crippen molar-refractivity contribution in [1.29, 1.82) is 0 Å². The van der Waals surface area contributed by atoms with Gasteiger partial charge in [-0.1, -0.05) is 29.3 Å². The summed E-state index contributed by atoms with van der Waals surface area (Å²) in [5.74, 6) is -3.08. The molecule has 0 aromatic heterocycles. The first-order chi connectivity index (χ1) is 8.99. The van der Waals surface area contributed by atoms with E-state index in [1.165, 1.54) is 30.3 Å². The van der Waals surface area contributed by atoms with Gasteiger partial charge in [0.15, 0.2) is 11.6 Å². The van der Waals surface area contributed by atoms with Crippen molar-refractivity contribution in [3.05, 3.63) is 63.6 Å². The standard InChI is InChI=1S/C13H7Cl2F2NO/c14-7-4-5-11(9(15)6-7)18-13(19)8-2-1-3-10(16)12(8)17/h1-6H,(H,18,19). The second-order valence-corrected chi connectivity index (χ2v) is 4.52. The Bertz CT molecular complexity index is 647. The van der Waals surface area contributed by atoms with E-state index in [9.17, 15) is 13.6 Å². The highest BCUT2D eigenvalue weighted by Crippen LogP contribution is 2.26. The highest BCUT2D eigenvalue weighted by atomic mass is 35.5. The van der Waals surface area contributed by atoms with Crippen LogP contribution in [0.1, 0.15) is 10.4 Å². The highest BCUT2D eigenvalue weighted by molar-refractivity contribution is 6.36. The van der Waals surface area contributed by atoms with Crippen LogP contribution >= 0.6 is 23.2 Å². The predicted molar refractivity (Wildman–Crippen MR) is 70.8 cm³/mol.